The molecule has 0 amide bonds. The van der Waals surface area contributed by atoms with Crippen LogP contribution in [0.5, 0.6) is 0 Å². The molecule has 0 saturated carbocycles. The molecular formula is C21H25N5O4. The number of carboxylic acid groups (broad SMARTS) is 1. The maximum Gasteiger partial charge on any atom is 0.335 e. The Morgan fingerprint density at radius 2 is 1.87 bits per heavy atom. The lowest BCUT2D eigenvalue weighted by molar-refractivity contribution is -0.153. The zero-order chi connectivity index (χ0) is 21.9. The third-order valence-electron chi connectivity index (χ3n) is 3.91. The van der Waals surface area contributed by atoms with E-state index < -0.39 is 11.9 Å². The number of aromatic nitrogens is 3. The van der Waals surface area contributed by atoms with Crippen molar-refractivity contribution >= 4 is 17.8 Å². The van der Waals surface area contributed by atoms with E-state index in [0.717, 1.165) is 23.7 Å². The number of nitrogens with zero attached hydrogens (tertiary/aromatic N) is 2. The van der Waals surface area contributed by atoms with Gasteiger partial charge >= 0.3 is 5.97 Å². The summed E-state index contributed by atoms with van der Waals surface area (Å²) in [7, 11) is 0. The average molecular weight is 411 g/mol. The summed E-state index contributed by atoms with van der Waals surface area (Å²) in [6, 6.07) is 13.3. The van der Waals surface area contributed by atoms with Crippen LogP contribution in [0.4, 0.5) is 5.82 Å². The number of carboxylic acids is 1. The molecule has 30 heavy (non-hydrogen) atoms. The van der Waals surface area contributed by atoms with Gasteiger partial charge in [0.25, 0.3) is 5.97 Å². The standard InChI is InChI=1S/C19H21N5O2.C2H4O2/c1-2-23-26-19(25)15(10-13-6-4-3-5-7-13)18-22-12-16(24-18)14-8-9-17(20)21-11-14;1-2(3)4/h3-9,11-12,15,23H,2,10H2,1H3,(H2,20,21)(H,22,24);1H3,(H,3,4). The quantitative estimate of drug-likeness (QED) is 0.434. The minimum Gasteiger partial charge on any atom is -0.481 e. The van der Waals surface area contributed by atoms with Crippen LogP contribution in [0.25, 0.3) is 11.3 Å². The van der Waals surface area contributed by atoms with Crippen molar-refractivity contribution in [3.05, 3.63) is 66.2 Å². The highest BCUT2D eigenvalue weighted by molar-refractivity contribution is 5.77. The summed E-state index contributed by atoms with van der Waals surface area (Å²) in [5.74, 6) is -0.771. The second kappa shape index (κ2) is 11.3. The van der Waals surface area contributed by atoms with Crippen molar-refractivity contribution in [3.8, 4) is 11.3 Å². The number of nitrogens with one attached hydrogen (secondary N) is 2. The van der Waals surface area contributed by atoms with Crippen molar-refractivity contribution in [1.29, 1.82) is 0 Å². The van der Waals surface area contributed by atoms with E-state index in [9.17, 15) is 4.79 Å². The first-order chi connectivity index (χ1) is 14.4. The Morgan fingerprint density at radius 3 is 2.47 bits per heavy atom. The van der Waals surface area contributed by atoms with Gasteiger partial charge in [0, 0.05) is 25.2 Å². The van der Waals surface area contributed by atoms with Crippen LogP contribution in [0.2, 0.25) is 0 Å². The van der Waals surface area contributed by atoms with Crippen molar-refractivity contribution in [2.75, 3.05) is 12.3 Å². The Hall–Kier alpha value is -3.72. The third-order valence-corrected chi connectivity index (χ3v) is 3.91. The summed E-state index contributed by atoms with van der Waals surface area (Å²) in [6.45, 7) is 3.48. The number of benzene rings is 1. The number of aliphatic carboxylic acids is 1. The molecule has 2 heterocycles. The van der Waals surface area contributed by atoms with Gasteiger partial charge in [0.15, 0.2) is 0 Å². The molecule has 0 saturated heterocycles. The summed E-state index contributed by atoms with van der Waals surface area (Å²) in [5.41, 5.74) is 10.9. The minimum absolute atomic E-state index is 0.382. The lowest BCUT2D eigenvalue weighted by atomic mass is 9.99. The van der Waals surface area contributed by atoms with Crippen molar-refractivity contribution in [2.45, 2.75) is 26.2 Å². The molecule has 0 radical (unpaired) electrons. The van der Waals surface area contributed by atoms with Gasteiger partial charge < -0.3 is 20.7 Å². The second-order valence-corrected chi connectivity index (χ2v) is 6.33. The Kier molecular flexibility index (Phi) is 8.52. The van der Waals surface area contributed by atoms with Gasteiger partial charge in [-0.05, 0) is 31.0 Å². The van der Waals surface area contributed by atoms with Gasteiger partial charge in [-0.2, -0.15) is 5.48 Å². The smallest absolute Gasteiger partial charge is 0.335 e. The summed E-state index contributed by atoms with van der Waals surface area (Å²) < 4.78 is 0. The van der Waals surface area contributed by atoms with E-state index in [1.54, 1.807) is 18.5 Å². The molecule has 158 valence electrons. The maximum absolute atomic E-state index is 12.5. The first-order valence-electron chi connectivity index (χ1n) is 9.34. The molecule has 0 aliphatic carbocycles. The van der Waals surface area contributed by atoms with E-state index in [1.165, 1.54) is 0 Å². The number of pyridine rings is 1. The highest BCUT2D eigenvalue weighted by Crippen LogP contribution is 2.24. The molecule has 1 unspecified atom stereocenters. The molecule has 9 heteroatoms. The molecule has 0 aliphatic heterocycles. The van der Waals surface area contributed by atoms with Gasteiger partial charge in [-0.1, -0.05) is 30.3 Å². The number of aromatic amines is 1. The molecule has 2 aromatic heterocycles. The molecule has 3 aromatic rings. The number of hydrogen-bond donors (Lipinski definition) is 4. The van der Waals surface area contributed by atoms with Crippen LogP contribution in [0.15, 0.2) is 54.9 Å². The van der Waals surface area contributed by atoms with Crippen molar-refractivity contribution < 1.29 is 19.5 Å². The van der Waals surface area contributed by atoms with Crippen LogP contribution in [0.1, 0.15) is 31.2 Å². The number of carbonyl (C=O) groups is 2. The Labute approximate surface area is 174 Å². The van der Waals surface area contributed by atoms with Gasteiger partial charge in [0.1, 0.15) is 17.6 Å². The number of H-pyrrole nitrogens is 1. The fraction of sp³-hybridized carbons (Fsp3) is 0.238. The topological polar surface area (TPSA) is 143 Å². The highest BCUT2D eigenvalue weighted by atomic mass is 16.7. The maximum atomic E-state index is 12.5. The molecule has 9 nitrogen and oxygen atoms in total. The fourth-order valence-corrected chi connectivity index (χ4v) is 2.58. The van der Waals surface area contributed by atoms with Gasteiger partial charge in [-0.15, -0.1) is 0 Å². The van der Waals surface area contributed by atoms with Crippen LogP contribution < -0.4 is 11.2 Å². The zero-order valence-electron chi connectivity index (χ0n) is 16.8. The predicted molar refractivity (Wildman–Crippen MR) is 112 cm³/mol. The predicted octanol–water partition coefficient (Wildman–Crippen LogP) is 2.54. The number of carbonyl (C=O) groups excluding carboxylic acids is 1. The molecule has 0 bridgehead atoms. The number of anilines is 1. The Bertz CT molecular complexity index is 938. The van der Waals surface area contributed by atoms with E-state index in [4.69, 9.17) is 20.5 Å². The van der Waals surface area contributed by atoms with E-state index >= 15 is 0 Å². The fourth-order valence-electron chi connectivity index (χ4n) is 2.58. The molecule has 0 spiro atoms. The first-order valence-corrected chi connectivity index (χ1v) is 9.34. The summed E-state index contributed by atoms with van der Waals surface area (Å²) in [5, 5.41) is 7.42. The first kappa shape index (κ1) is 22.6. The van der Waals surface area contributed by atoms with Crippen LogP contribution in [0, 0.1) is 0 Å². The largest absolute Gasteiger partial charge is 0.481 e. The zero-order valence-corrected chi connectivity index (χ0v) is 16.8. The number of rotatable bonds is 7. The molecule has 0 fully saturated rings. The van der Waals surface area contributed by atoms with E-state index in [0.29, 0.717) is 24.6 Å². The average Bonchev–Trinajstić information content (AvgIpc) is 3.21. The van der Waals surface area contributed by atoms with E-state index in [2.05, 4.69) is 20.4 Å². The molecule has 3 rings (SSSR count). The van der Waals surface area contributed by atoms with Gasteiger partial charge in [-0.25, -0.2) is 14.8 Å². The lowest BCUT2D eigenvalue weighted by Gasteiger charge is -2.14. The highest BCUT2D eigenvalue weighted by Gasteiger charge is 2.26. The van der Waals surface area contributed by atoms with Crippen molar-refractivity contribution in [1.82, 2.24) is 20.4 Å². The molecular weight excluding hydrogens is 386 g/mol. The minimum atomic E-state index is -0.833. The van der Waals surface area contributed by atoms with Crippen LogP contribution in [-0.2, 0) is 20.8 Å². The molecule has 1 aromatic carbocycles. The second-order valence-electron chi connectivity index (χ2n) is 6.33. The molecule has 5 N–H and O–H groups in total. The summed E-state index contributed by atoms with van der Waals surface area (Å²) in [4.78, 5) is 38.3. The van der Waals surface area contributed by atoms with Crippen LogP contribution >= 0.6 is 0 Å². The van der Waals surface area contributed by atoms with Gasteiger partial charge in [0.05, 0.1) is 11.9 Å². The van der Waals surface area contributed by atoms with E-state index in [-0.39, 0.29) is 5.97 Å². The van der Waals surface area contributed by atoms with Crippen molar-refractivity contribution in [2.24, 2.45) is 0 Å². The summed E-state index contributed by atoms with van der Waals surface area (Å²) >= 11 is 0. The molecule has 0 aliphatic rings. The van der Waals surface area contributed by atoms with Gasteiger partial charge in [0.2, 0.25) is 0 Å². The SMILES string of the molecule is CC(=O)O.CCNOC(=O)C(Cc1ccccc1)c1ncc(-c2ccc(N)nc2)[nH]1. The van der Waals surface area contributed by atoms with Crippen molar-refractivity contribution in [3.63, 3.8) is 0 Å². The lowest BCUT2D eigenvalue weighted by Crippen LogP contribution is -2.26. The van der Waals surface area contributed by atoms with Gasteiger partial charge in [-0.3, -0.25) is 4.79 Å². The third kappa shape index (κ3) is 7.02. The number of nitrogen functional groups attached to an aromatic ring is 1. The normalized spacial score (nSPS) is 11.1. The van der Waals surface area contributed by atoms with Crippen LogP contribution in [-0.4, -0.2) is 38.5 Å². The number of hydroxylamine groups is 1. The molecule has 1 atom stereocenters. The number of imidazole rings is 1. The summed E-state index contributed by atoms with van der Waals surface area (Å²) in [6.07, 6.45) is 3.83. The number of nitrogens with two attached hydrogens (primary N) is 1. The number of hydrogen-bond acceptors (Lipinski definition) is 7. The van der Waals surface area contributed by atoms with Crippen LogP contribution in [0.3, 0.4) is 0 Å². The Balaban J connectivity index is 0.000000735. The monoisotopic (exact) mass is 411 g/mol. The van der Waals surface area contributed by atoms with E-state index in [1.807, 2.05) is 43.3 Å². The Morgan fingerprint density at radius 1 is 1.17 bits per heavy atom.